The average molecular weight is 276 g/mol. The van der Waals surface area contributed by atoms with Crippen LogP contribution in [-0.2, 0) is 5.92 Å². The van der Waals surface area contributed by atoms with E-state index in [0.717, 1.165) is 0 Å². The van der Waals surface area contributed by atoms with Gasteiger partial charge in [0.05, 0.1) is 0 Å². The maximum Gasteiger partial charge on any atom is 0.274 e. The second-order valence-corrected chi connectivity index (χ2v) is 4.77. The van der Waals surface area contributed by atoms with Crippen molar-refractivity contribution in [1.82, 2.24) is 5.32 Å². The third-order valence-corrected chi connectivity index (χ3v) is 3.37. The summed E-state index contributed by atoms with van der Waals surface area (Å²) >= 11 is 3.17. The van der Waals surface area contributed by atoms with Crippen LogP contribution >= 0.6 is 15.9 Å². The van der Waals surface area contributed by atoms with E-state index in [1.807, 2.05) is 0 Å². The summed E-state index contributed by atoms with van der Waals surface area (Å²) in [5, 5.41) is 3.00. The van der Waals surface area contributed by atoms with Gasteiger partial charge in [0.25, 0.3) is 5.92 Å². The van der Waals surface area contributed by atoms with Gasteiger partial charge < -0.3 is 5.32 Å². The van der Waals surface area contributed by atoms with Crippen molar-refractivity contribution in [2.75, 3.05) is 13.1 Å². The number of nitrogens with one attached hydrogen (secondary N) is 1. The van der Waals surface area contributed by atoms with E-state index >= 15 is 0 Å². The molecule has 0 aliphatic carbocycles. The fraction of sp³-hybridized carbons (Fsp3) is 0.455. The molecule has 0 saturated carbocycles. The zero-order valence-electron chi connectivity index (χ0n) is 8.14. The number of hydrogen-bond donors (Lipinski definition) is 1. The fourth-order valence-electron chi connectivity index (χ4n) is 1.72. The predicted octanol–water partition coefficient (Wildman–Crippen LogP) is 3.15. The standard InChI is InChI=1S/C11H12BrF2N/c12-10-4-2-1-3-9(10)11(13,14)5-8-6-15-7-8/h1-4,8,15H,5-7H2. The first-order valence-corrected chi connectivity index (χ1v) is 5.72. The second-order valence-electron chi connectivity index (χ2n) is 3.91. The van der Waals surface area contributed by atoms with Crippen molar-refractivity contribution in [3.63, 3.8) is 0 Å². The van der Waals surface area contributed by atoms with Crippen LogP contribution in [0.4, 0.5) is 8.78 Å². The molecule has 0 unspecified atom stereocenters. The molecule has 1 nitrogen and oxygen atoms in total. The minimum atomic E-state index is -2.73. The average Bonchev–Trinajstić information content (AvgIpc) is 2.12. The van der Waals surface area contributed by atoms with Crippen LogP contribution in [0, 0.1) is 5.92 Å². The van der Waals surface area contributed by atoms with E-state index in [0.29, 0.717) is 17.6 Å². The minimum Gasteiger partial charge on any atom is -0.316 e. The maximum atomic E-state index is 13.8. The summed E-state index contributed by atoms with van der Waals surface area (Å²) in [6.07, 6.45) is -0.0669. The fourth-order valence-corrected chi connectivity index (χ4v) is 2.30. The van der Waals surface area contributed by atoms with Crippen LogP contribution in [0.5, 0.6) is 0 Å². The quantitative estimate of drug-likeness (QED) is 0.894. The Balaban J connectivity index is 2.16. The number of benzene rings is 1. The van der Waals surface area contributed by atoms with Crippen molar-refractivity contribution in [2.24, 2.45) is 5.92 Å². The molecule has 82 valence electrons. The molecule has 1 saturated heterocycles. The number of rotatable bonds is 3. The van der Waals surface area contributed by atoms with Gasteiger partial charge in [-0.3, -0.25) is 0 Å². The lowest BCUT2D eigenvalue weighted by Gasteiger charge is -2.31. The molecule has 1 aromatic rings. The smallest absolute Gasteiger partial charge is 0.274 e. The summed E-state index contributed by atoms with van der Waals surface area (Å²) in [6.45, 7) is 1.42. The lowest BCUT2D eigenvalue weighted by atomic mass is 9.92. The summed E-state index contributed by atoms with van der Waals surface area (Å²) in [5.41, 5.74) is 0.0944. The molecule has 2 rings (SSSR count). The van der Waals surface area contributed by atoms with Crippen molar-refractivity contribution in [1.29, 1.82) is 0 Å². The molecular weight excluding hydrogens is 264 g/mol. The van der Waals surface area contributed by atoms with Gasteiger partial charge >= 0.3 is 0 Å². The number of alkyl halides is 2. The molecule has 1 N–H and O–H groups in total. The minimum absolute atomic E-state index is 0.0669. The predicted molar refractivity (Wildman–Crippen MR) is 59.0 cm³/mol. The van der Waals surface area contributed by atoms with Crippen molar-refractivity contribution < 1.29 is 8.78 Å². The highest BCUT2D eigenvalue weighted by molar-refractivity contribution is 9.10. The van der Waals surface area contributed by atoms with Crippen LogP contribution < -0.4 is 5.32 Å². The molecule has 0 radical (unpaired) electrons. The first-order valence-electron chi connectivity index (χ1n) is 4.93. The summed E-state index contributed by atoms with van der Waals surface area (Å²) in [6, 6.07) is 6.53. The zero-order chi connectivity index (χ0) is 10.9. The van der Waals surface area contributed by atoms with Crippen LogP contribution in [0.15, 0.2) is 28.7 Å². The van der Waals surface area contributed by atoms with Gasteiger partial charge in [-0.25, -0.2) is 8.78 Å². The van der Waals surface area contributed by atoms with Gasteiger partial charge in [-0.1, -0.05) is 34.1 Å². The summed E-state index contributed by atoms with van der Waals surface area (Å²) in [4.78, 5) is 0. The lowest BCUT2D eigenvalue weighted by molar-refractivity contribution is -0.0362. The first kappa shape index (κ1) is 11.0. The Labute approximate surface area is 96.0 Å². The first-order chi connectivity index (χ1) is 7.09. The van der Waals surface area contributed by atoms with E-state index in [2.05, 4.69) is 21.2 Å². The van der Waals surface area contributed by atoms with Crippen molar-refractivity contribution in [3.8, 4) is 0 Å². The van der Waals surface area contributed by atoms with Crippen molar-refractivity contribution in [3.05, 3.63) is 34.3 Å². The highest BCUT2D eigenvalue weighted by Crippen LogP contribution is 2.39. The summed E-state index contributed by atoms with van der Waals surface area (Å²) in [5.74, 6) is -2.63. The van der Waals surface area contributed by atoms with E-state index < -0.39 is 5.92 Å². The molecule has 0 amide bonds. The zero-order valence-corrected chi connectivity index (χ0v) is 9.73. The van der Waals surface area contributed by atoms with Gasteiger partial charge in [0.1, 0.15) is 0 Å². The topological polar surface area (TPSA) is 12.0 Å². The highest BCUT2D eigenvalue weighted by atomic mass is 79.9. The SMILES string of the molecule is FC(F)(CC1CNC1)c1ccccc1Br. The van der Waals surface area contributed by atoms with Crippen molar-refractivity contribution >= 4 is 15.9 Å². The number of halogens is 3. The Hall–Kier alpha value is -0.480. The van der Waals surface area contributed by atoms with E-state index in [1.54, 1.807) is 18.2 Å². The highest BCUT2D eigenvalue weighted by Gasteiger charge is 2.37. The monoisotopic (exact) mass is 275 g/mol. The van der Waals surface area contributed by atoms with Crippen LogP contribution in [0.25, 0.3) is 0 Å². The van der Waals surface area contributed by atoms with Gasteiger partial charge in [0.2, 0.25) is 0 Å². The molecule has 1 aromatic carbocycles. The molecule has 1 aliphatic heterocycles. The van der Waals surface area contributed by atoms with E-state index in [-0.39, 0.29) is 17.9 Å². The largest absolute Gasteiger partial charge is 0.316 e. The van der Waals surface area contributed by atoms with Crippen LogP contribution in [0.2, 0.25) is 0 Å². The van der Waals surface area contributed by atoms with Gasteiger partial charge in [-0.05, 0) is 25.1 Å². The maximum absolute atomic E-state index is 13.8. The second kappa shape index (κ2) is 4.18. The normalized spacial score (nSPS) is 17.5. The Morgan fingerprint density at radius 2 is 2.00 bits per heavy atom. The molecule has 15 heavy (non-hydrogen) atoms. The number of hydrogen-bond acceptors (Lipinski definition) is 1. The lowest BCUT2D eigenvalue weighted by Crippen LogP contribution is -2.44. The molecule has 1 heterocycles. The third-order valence-electron chi connectivity index (χ3n) is 2.68. The molecule has 0 bridgehead atoms. The molecular formula is C11H12BrF2N. The van der Waals surface area contributed by atoms with E-state index in [9.17, 15) is 8.78 Å². The van der Waals surface area contributed by atoms with Gasteiger partial charge in [-0.2, -0.15) is 0 Å². The molecule has 1 aliphatic rings. The summed E-state index contributed by atoms with van der Waals surface area (Å²) < 4.78 is 28.1. The van der Waals surface area contributed by atoms with Crippen LogP contribution in [-0.4, -0.2) is 13.1 Å². The Morgan fingerprint density at radius 1 is 1.33 bits per heavy atom. The van der Waals surface area contributed by atoms with Crippen molar-refractivity contribution in [2.45, 2.75) is 12.3 Å². The van der Waals surface area contributed by atoms with Crippen LogP contribution in [0.3, 0.4) is 0 Å². The van der Waals surface area contributed by atoms with E-state index in [4.69, 9.17) is 0 Å². The molecule has 0 atom stereocenters. The van der Waals surface area contributed by atoms with E-state index in [1.165, 1.54) is 6.07 Å². The third kappa shape index (κ3) is 2.37. The Kier molecular flexibility index (Phi) is 3.07. The molecule has 0 aromatic heterocycles. The Morgan fingerprint density at radius 3 is 2.53 bits per heavy atom. The van der Waals surface area contributed by atoms with Gasteiger partial charge in [0.15, 0.2) is 0 Å². The van der Waals surface area contributed by atoms with Gasteiger partial charge in [-0.15, -0.1) is 0 Å². The molecule has 1 fully saturated rings. The van der Waals surface area contributed by atoms with Crippen LogP contribution in [0.1, 0.15) is 12.0 Å². The molecule has 0 spiro atoms. The molecule has 4 heteroatoms. The summed E-state index contributed by atoms with van der Waals surface area (Å²) in [7, 11) is 0. The van der Waals surface area contributed by atoms with Gasteiger partial charge in [0, 0.05) is 16.5 Å². The Bertz CT molecular complexity index is 350.